The first kappa shape index (κ1) is 23.1. The molecule has 0 spiro atoms. The number of aliphatic hydroxyl groups excluding tert-OH is 1. The van der Waals surface area contributed by atoms with Crippen LogP contribution in [0, 0.1) is 23.7 Å². The molecule has 7 heteroatoms. The van der Waals surface area contributed by atoms with Gasteiger partial charge in [0.2, 0.25) is 10.0 Å². The van der Waals surface area contributed by atoms with Crippen molar-refractivity contribution in [2.75, 3.05) is 26.7 Å². The molecule has 0 radical (unpaired) electrons. The van der Waals surface area contributed by atoms with Crippen LogP contribution in [0.15, 0.2) is 23.1 Å². The van der Waals surface area contributed by atoms with E-state index in [-0.39, 0.29) is 23.5 Å². The number of sulfonamides is 1. The maximum absolute atomic E-state index is 13.4. The highest BCUT2D eigenvalue weighted by atomic mass is 32.2. The molecular formula is C23H34N2O4S. The highest BCUT2D eigenvalue weighted by Gasteiger charge is 2.37. The molecule has 0 amide bonds. The third-order valence-corrected chi connectivity index (χ3v) is 8.12. The van der Waals surface area contributed by atoms with E-state index < -0.39 is 16.1 Å². The molecule has 0 bridgehead atoms. The Labute approximate surface area is 181 Å². The van der Waals surface area contributed by atoms with Gasteiger partial charge in [0.05, 0.1) is 6.61 Å². The van der Waals surface area contributed by atoms with Crippen molar-refractivity contribution in [2.24, 2.45) is 11.8 Å². The van der Waals surface area contributed by atoms with Crippen LogP contribution in [0.5, 0.6) is 5.75 Å². The summed E-state index contributed by atoms with van der Waals surface area (Å²) in [5.41, 5.74) is 0.771. The summed E-state index contributed by atoms with van der Waals surface area (Å²) in [7, 11) is -1.94. The fourth-order valence-corrected chi connectivity index (χ4v) is 6.01. The third-order valence-electron chi connectivity index (χ3n) is 6.10. The van der Waals surface area contributed by atoms with Crippen molar-refractivity contribution in [1.82, 2.24) is 9.62 Å². The molecule has 1 aromatic rings. The van der Waals surface area contributed by atoms with E-state index in [0.29, 0.717) is 24.8 Å². The molecule has 1 aliphatic carbocycles. The second-order valence-corrected chi connectivity index (χ2v) is 10.4. The lowest BCUT2D eigenvalue weighted by Gasteiger charge is -2.36. The molecule has 6 nitrogen and oxygen atoms in total. The van der Waals surface area contributed by atoms with E-state index in [1.54, 1.807) is 25.1 Å². The first-order chi connectivity index (χ1) is 14.4. The lowest BCUT2D eigenvalue weighted by molar-refractivity contribution is 0.103. The lowest BCUT2D eigenvalue weighted by Crippen LogP contribution is -2.49. The van der Waals surface area contributed by atoms with E-state index in [4.69, 9.17) is 4.74 Å². The van der Waals surface area contributed by atoms with Crippen LogP contribution < -0.4 is 10.1 Å². The molecule has 1 aromatic carbocycles. The van der Waals surface area contributed by atoms with Crippen LogP contribution in [0.3, 0.4) is 0 Å². The second kappa shape index (κ2) is 10.1. The number of ether oxygens (including phenoxy) is 1. The van der Waals surface area contributed by atoms with Crippen molar-refractivity contribution < 1.29 is 18.3 Å². The normalized spacial score (nSPS) is 25.7. The molecule has 2 aliphatic rings. The summed E-state index contributed by atoms with van der Waals surface area (Å²) in [6, 6.07) is 4.60. The molecule has 3 rings (SSSR count). The minimum atomic E-state index is -3.80. The zero-order valence-electron chi connectivity index (χ0n) is 18.2. The average Bonchev–Trinajstić information content (AvgIpc) is 2.75. The van der Waals surface area contributed by atoms with E-state index in [9.17, 15) is 13.5 Å². The number of hydrogen-bond acceptors (Lipinski definition) is 5. The lowest BCUT2D eigenvalue weighted by atomic mass is 9.90. The van der Waals surface area contributed by atoms with Crippen LogP contribution in [-0.4, -0.2) is 56.7 Å². The van der Waals surface area contributed by atoms with Crippen LogP contribution in [0.2, 0.25) is 0 Å². The van der Waals surface area contributed by atoms with Crippen LogP contribution in [-0.2, 0) is 10.0 Å². The third kappa shape index (κ3) is 5.17. The molecule has 3 atom stereocenters. The van der Waals surface area contributed by atoms with Crippen LogP contribution in [0.1, 0.15) is 51.5 Å². The molecule has 0 aromatic heterocycles. The molecule has 0 saturated heterocycles. The van der Waals surface area contributed by atoms with Crippen molar-refractivity contribution in [3.63, 3.8) is 0 Å². The molecule has 1 fully saturated rings. The maximum atomic E-state index is 13.4. The summed E-state index contributed by atoms with van der Waals surface area (Å²) in [4.78, 5) is 0.138. The Kier molecular flexibility index (Phi) is 7.81. The maximum Gasteiger partial charge on any atom is 0.247 e. The van der Waals surface area contributed by atoms with Gasteiger partial charge in [-0.15, -0.1) is 0 Å². The van der Waals surface area contributed by atoms with Gasteiger partial charge in [0.1, 0.15) is 16.7 Å². The Bertz CT molecular complexity index is 884. The van der Waals surface area contributed by atoms with Crippen LogP contribution in [0.4, 0.5) is 0 Å². The quantitative estimate of drug-likeness (QED) is 0.712. The van der Waals surface area contributed by atoms with E-state index in [2.05, 4.69) is 17.2 Å². The molecule has 0 unspecified atom stereocenters. The second-order valence-electron chi connectivity index (χ2n) is 8.56. The van der Waals surface area contributed by atoms with Gasteiger partial charge in [-0.25, -0.2) is 8.42 Å². The van der Waals surface area contributed by atoms with Crippen LogP contribution in [0.25, 0.3) is 0 Å². The summed E-state index contributed by atoms with van der Waals surface area (Å²) in [5.74, 6) is 7.31. The molecule has 1 heterocycles. The number of nitrogens with zero attached hydrogens (tertiary/aromatic N) is 1. The van der Waals surface area contributed by atoms with Gasteiger partial charge in [-0.2, -0.15) is 4.31 Å². The van der Waals surface area contributed by atoms with Gasteiger partial charge in [0, 0.05) is 36.5 Å². The van der Waals surface area contributed by atoms with E-state index >= 15 is 0 Å². The number of benzene rings is 1. The van der Waals surface area contributed by atoms with E-state index in [0.717, 1.165) is 18.4 Å². The highest BCUT2D eigenvalue weighted by Crippen LogP contribution is 2.34. The molecule has 166 valence electrons. The van der Waals surface area contributed by atoms with Crippen molar-refractivity contribution in [3.8, 4) is 17.6 Å². The van der Waals surface area contributed by atoms with Gasteiger partial charge in [-0.05, 0) is 45.0 Å². The molecule has 30 heavy (non-hydrogen) atoms. The van der Waals surface area contributed by atoms with Gasteiger partial charge in [-0.3, -0.25) is 0 Å². The predicted octanol–water partition coefficient (Wildman–Crippen LogP) is 2.61. The highest BCUT2D eigenvalue weighted by molar-refractivity contribution is 7.89. The summed E-state index contributed by atoms with van der Waals surface area (Å²) >= 11 is 0. The van der Waals surface area contributed by atoms with Crippen molar-refractivity contribution in [3.05, 3.63) is 23.8 Å². The van der Waals surface area contributed by atoms with Gasteiger partial charge < -0.3 is 15.2 Å². The standard InChI is InChI=1S/C23H34N2O4S/c1-17-15-25(18(2)16-26)30(27,28)23-12-11-20(10-9-19-7-5-4-6-8-19)13-21(23)29-22(17)14-24-3/h11-13,17-19,22,24,26H,4-8,14-16H2,1-3H3/t17-,18+,22-/m1/s1. The monoisotopic (exact) mass is 434 g/mol. The summed E-state index contributed by atoms with van der Waals surface area (Å²) in [5, 5.41) is 12.8. The van der Waals surface area contributed by atoms with Gasteiger partial charge in [0.25, 0.3) is 0 Å². The topological polar surface area (TPSA) is 78.9 Å². The van der Waals surface area contributed by atoms with Crippen molar-refractivity contribution in [1.29, 1.82) is 0 Å². The fraction of sp³-hybridized carbons (Fsp3) is 0.652. The summed E-state index contributed by atoms with van der Waals surface area (Å²) in [6.45, 7) is 4.36. The first-order valence-electron chi connectivity index (χ1n) is 11.0. The van der Waals surface area contributed by atoms with Crippen molar-refractivity contribution >= 4 is 10.0 Å². The SMILES string of the molecule is CNC[C@H]1Oc2cc(C#CC3CCCCC3)ccc2S(=O)(=O)N([C@@H](C)CO)C[C@H]1C. The number of nitrogens with one attached hydrogen (secondary N) is 1. The smallest absolute Gasteiger partial charge is 0.247 e. The first-order valence-corrected chi connectivity index (χ1v) is 12.4. The molecule has 1 aliphatic heterocycles. The molecule has 2 N–H and O–H groups in total. The molecule has 1 saturated carbocycles. The largest absolute Gasteiger partial charge is 0.487 e. The minimum Gasteiger partial charge on any atom is -0.487 e. The number of rotatable bonds is 4. The summed E-state index contributed by atoms with van der Waals surface area (Å²) in [6.07, 6.45) is 5.83. The zero-order valence-corrected chi connectivity index (χ0v) is 19.0. The number of aliphatic hydroxyl groups is 1. The number of hydrogen-bond donors (Lipinski definition) is 2. The summed E-state index contributed by atoms with van der Waals surface area (Å²) < 4.78 is 34.4. The fourth-order valence-electron chi connectivity index (χ4n) is 4.18. The van der Waals surface area contributed by atoms with Gasteiger partial charge in [-0.1, -0.05) is 38.0 Å². The van der Waals surface area contributed by atoms with Crippen molar-refractivity contribution in [2.45, 2.75) is 63.0 Å². The predicted molar refractivity (Wildman–Crippen MR) is 118 cm³/mol. The Morgan fingerprint density at radius 2 is 2.03 bits per heavy atom. The average molecular weight is 435 g/mol. The Morgan fingerprint density at radius 1 is 1.30 bits per heavy atom. The van der Waals surface area contributed by atoms with Gasteiger partial charge in [0.15, 0.2) is 0 Å². The Balaban J connectivity index is 2.00. The van der Waals surface area contributed by atoms with Gasteiger partial charge >= 0.3 is 0 Å². The van der Waals surface area contributed by atoms with Crippen LogP contribution >= 0.6 is 0 Å². The molecular weight excluding hydrogens is 400 g/mol. The number of likely N-dealkylation sites (N-methyl/N-ethyl adjacent to an activating group) is 1. The number of fused-ring (bicyclic) bond motifs is 1. The van der Waals surface area contributed by atoms with E-state index in [1.165, 1.54) is 23.6 Å². The Hall–Kier alpha value is -1.59. The van der Waals surface area contributed by atoms with E-state index in [1.807, 2.05) is 14.0 Å². The minimum absolute atomic E-state index is 0.0497. The zero-order chi connectivity index (χ0) is 21.7. The Morgan fingerprint density at radius 3 is 2.70 bits per heavy atom.